The van der Waals surface area contributed by atoms with E-state index in [0.717, 1.165) is 63.0 Å². The number of guanidine groups is 1. The highest BCUT2D eigenvalue weighted by Gasteiger charge is 2.32. The van der Waals surface area contributed by atoms with Crippen LogP contribution in [0.25, 0.3) is 0 Å². The molecular weight excluding hydrogens is 461 g/mol. The first-order valence-electron chi connectivity index (χ1n) is 9.15. The zero-order valence-corrected chi connectivity index (χ0v) is 18.8. The Morgan fingerprint density at radius 2 is 2.04 bits per heavy atom. The number of rotatable bonds is 6. The molecule has 0 amide bonds. The molecule has 0 aliphatic carbocycles. The summed E-state index contributed by atoms with van der Waals surface area (Å²) in [5, 5.41) is 6.94. The van der Waals surface area contributed by atoms with Crippen molar-refractivity contribution >= 4 is 41.7 Å². The molecule has 0 spiro atoms. The Kier molecular flexibility index (Phi) is 8.83. The first-order chi connectivity index (χ1) is 12.2. The summed E-state index contributed by atoms with van der Waals surface area (Å²) in [4.78, 5) is 4.37. The molecule has 1 unspecified atom stereocenters. The summed E-state index contributed by atoms with van der Waals surface area (Å²) in [6.45, 7) is 5.61. The number of hydrogen-bond donors (Lipinski definition) is 2. The van der Waals surface area contributed by atoms with E-state index in [2.05, 4.69) is 34.7 Å². The van der Waals surface area contributed by atoms with Crippen LogP contribution in [-0.4, -0.2) is 55.9 Å². The lowest BCUT2D eigenvalue weighted by molar-refractivity contribution is 0.0782. The molecule has 2 aliphatic rings. The molecule has 1 aromatic rings. The van der Waals surface area contributed by atoms with Crippen LogP contribution in [0.1, 0.15) is 25.3 Å². The minimum absolute atomic E-state index is 0. The minimum Gasteiger partial charge on any atom is -0.488 e. The molecule has 146 valence electrons. The Bertz CT molecular complexity index is 563. The van der Waals surface area contributed by atoms with Gasteiger partial charge in [-0.3, -0.25) is 4.99 Å². The third-order valence-electron chi connectivity index (χ3n) is 4.87. The molecule has 1 atom stereocenters. The van der Waals surface area contributed by atoms with Gasteiger partial charge >= 0.3 is 0 Å². The Morgan fingerprint density at radius 3 is 2.73 bits per heavy atom. The van der Waals surface area contributed by atoms with Gasteiger partial charge in [-0.15, -0.1) is 24.0 Å². The van der Waals surface area contributed by atoms with Crippen molar-refractivity contribution in [3.8, 4) is 5.75 Å². The molecule has 26 heavy (non-hydrogen) atoms. The summed E-state index contributed by atoms with van der Waals surface area (Å²) in [5.41, 5.74) is 1.29. The highest BCUT2D eigenvalue weighted by Crippen LogP contribution is 2.34. The van der Waals surface area contributed by atoms with Crippen LogP contribution < -0.4 is 15.4 Å². The molecule has 5 nitrogen and oxygen atoms in total. The van der Waals surface area contributed by atoms with Gasteiger partial charge in [0, 0.05) is 38.0 Å². The quantitative estimate of drug-likeness (QED) is 0.364. The van der Waals surface area contributed by atoms with Crippen molar-refractivity contribution < 1.29 is 9.47 Å². The number of para-hydroxylation sites is 1. The predicted octanol–water partition coefficient (Wildman–Crippen LogP) is 3.08. The molecule has 0 saturated carbocycles. The lowest BCUT2D eigenvalue weighted by Crippen LogP contribution is -2.49. The number of thioether (sulfide) groups is 1. The summed E-state index contributed by atoms with van der Waals surface area (Å²) in [6.07, 6.45) is 3.30. The fourth-order valence-corrected chi connectivity index (χ4v) is 4.71. The van der Waals surface area contributed by atoms with E-state index in [1.54, 1.807) is 0 Å². The van der Waals surface area contributed by atoms with Crippen LogP contribution in [0.4, 0.5) is 0 Å². The maximum Gasteiger partial charge on any atom is 0.191 e. The van der Waals surface area contributed by atoms with Gasteiger partial charge in [-0.05, 0) is 30.2 Å². The van der Waals surface area contributed by atoms with E-state index in [1.807, 2.05) is 30.9 Å². The van der Waals surface area contributed by atoms with Crippen LogP contribution in [-0.2, 0) is 11.2 Å². The molecule has 1 saturated heterocycles. The molecule has 2 aliphatic heterocycles. The Balaban J connectivity index is 0.00000243. The average molecular weight is 491 g/mol. The van der Waals surface area contributed by atoms with Crippen molar-refractivity contribution in [2.24, 2.45) is 4.99 Å². The lowest BCUT2D eigenvalue weighted by atomic mass is 9.99. The van der Waals surface area contributed by atoms with Gasteiger partial charge in [0.25, 0.3) is 0 Å². The summed E-state index contributed by atoms with van der Waals surface area (Å²) >= 11 is 2.04. The van der Waals surface area contributed by atoms with Crippen molar-refractivity contribution in [2.45, 2.75) is 37.0 Å². The van der Waals surface area contributed by atoms with Gasteiger partial charge in [-0.1, -0.05) is 25.1 Å². The third kappa shape index (κ3) is 5.66. The van der Waals surface area contributed by atoms with Gasteiger partial charge in [0.15, 0.2) is 5.96 Å². The van der Waals surface area contributed by atoms with Gasteiger partial charge in [-0.2, -0.15) is 11.8 Å². The first-order valence-corrected chi connectivity index (χ1v) is 10.1. The van der Waals surface area contributed by atoms with Gasteiger partial charge in [0.05, 0.1) is 6.54 Å². The topological polar surface area (TPSA) is 54.9 Å². The third-order valence-corrected chi connectivity index (χ3v) is 6.32. The van der Waals surface area contributed by atoms with E-state index in [9.17, 15) is 0 Å². The average Bonchev–Trinajstić information content (AvgIpc) is 3.06. The lowest BCUT2D eigenvalue weighted by Gasteiger charge is -2.37. The fourth-order valence-electron chi connectivity index (χ4n) is 3.47. The zero-order valence-electron chi connectivity index (χ0n) is 15.6. The van der Waals surface area contributed by atoms with Crippen molar-refractivity contribution in [1.29, 1.82) is 0 Å². The number of fused-ring (bicyclic) bond motifs is 1. The van der Waals surface area contributed by atoms with Crippen LogP contribution in [0.3, 0.4) is 0 Å². The predicted molar refractivity (Wildman–Crippen MR) is 120 cm³/mol. The molecular formula is C19H30IN3O2S. The van der Waals surface area contributed by atoms with Gasteiger partial charge in [0.1, 0.15) is 11.9 Å². The molecule has 2 N–H and O–H groups in total. The molecule has 0 aromatic heterocycles. The van der Waals surface area contributed by atoms with Gasteiger partial charge in [0.2, 0.25) is 0 Å². The molecule has 7 heteroatoms. The standard InChI is InChI=1S/C19H29N3O2S.HI/c1-3-25-19(8-10-23-11-9-19)14-22-18(20-2)21-13-16-12-15-6-4-5-7-17(15)24-16;/h4-7,16H,3,8-14H2,1-2H3,(H2,20,21,22);1H. The second-order valence-electron chi connectivity index (χ2n) is 6.59. The normalized spacial score (nSPS) is 21.3. The minimum atomic E-state index is 0. The number of nitrogens with one attached hydrogen (secondary N) is 2. The smallest absolute Gasteiger partial charge is 0.191 e. The van der Waals surface area contributed by atoms with Crippen molar-refractivity contribution in [3.05, 3.63) is 29.8 Å². The largest absolute Gasteiger partial charge is 0.488 e. The van der Waals surface area contributed by atoms with Crippen LogP contribution in [0.15, 0.2) is 29.3 Å². The number of ether oxygens (including phenoxy) is 2. The highest BCUT2D eigenvalue weighted by atomic mass is 127. The van der Waals surface area contributed by atoms with E-state index < -0.39 is 0 Å². The van der Waals surface area contributed by atoms with Crippen molar-refractivity contribution in [2.75, 3.05) is 39.1 Å². The van der Waals surface area contributed by atoms with Crippen LogP contribution in [0, 0.1) is 0 Å². The second kappa shape index (κ2) is 10.6. The van der Waals surface area contributed by atoms with Crippen LogP contribution in [0.5, 0.6) is 5.75 Å². The number of halogens is 1. The van der Waals surface area contributed by atoms with E-state index in [-0.39, 0.29) is 34.8 Å². The maximum absolute atomic E-state index is 5.99. The summed E-state index contributed by atoms with van der Waals surface area (Å²) in [6, 6.07) is 8.27. The molecule has 0 bridgehead atoms. The number of hydrogen-bond acceptors (Lipinski definition) is 4. The van der Waals surface area contributed by atoms with Crippen LogP contribution >= 0.6 is 35.7 Å². The summed E-state index contributed by atoms with van der Waals surface area (Å²) in [5.74, 6) is 2.99. The van der Waals surface area contributed by atoms with E-state index in [0.29, 0.717) is 0 Å². The molecule has 2 heterocycles. The van der Waals surface area contributed by atoms with Crippen molar-refractivity contribution in [3.63, 3.8) is 0 Å². The highest BCUT2D eigenvalue weighted by molar-refractivity contribution is 14.0. The fraction of sp³-hybridized carbons (Fsp3) is 0.632. The van der Waals surface area contributed by atoms with E-state index in [4.69, 9.17) is 9.47 Å². The van der Waals surface area contributed by atoms with Crippen LogP contribution in [0.2, 0.25) is 0 Å². The first kappa shape index (κ1) is 21.6. The number of nitrogens with zero attached hydrogens (tertiary/aromatic N) is 1. The number of benzene rings is 1. The maximum atomic E-state index is 5.99. The van der Waals surface area contributed by atoms with Crippen molar-refractivity contribution in [1.82, 2.24) is 10.6 Å². The Morgan fingerprint density at radius 1 is 1.27 bits per heavy atom. The second-order valence-corrected chi connectivity index (χ2v) is 8.32. The zero-order chi connectivity index (χ0) is 17.5. The molecule has 1 fully saturated rings. The molecule has 0 radical (unpaired) electrons. The van der Waals surface area contributed by atoms with Gasteiger partial charge < -0.3 is 20.1 Å². The summed E-state index contributed by atoms with van der Waals surface area (Å²) in [7, 11) is 1.82. The van der Waals surface area contributed by atoms with Gasteiger partial charge in [-0.25, -0.2) is 0 Å². The molecule has 3 rings (SSSR count). The number of aliphatic imine (C=N–C) groups is 1. The summed E-state index contributed by atoms with van der Waals surface area (Å²) < 4.78 is 11.8. The van der Waals surface area contributed by atoms with E-state index in [1.165, 1.54) is 5.56 Å². The van der Waals surface area contributed by atoms with E-state index >= 15 is 0 Å². The monoisotopic (exact) mass is 491 g/mol. The molecule has 1 aromatic carbocycles. The Hall–Kier alpha value is -0.670. The SMILES string of the molecule is CCSC1(CNC(=NC)NCC2Cc3ccccc3O2)CCOCC1.I. The Labute approximate surface area is 178 Å².